The van der Waals surface area contributed by atoms with Crippen molar-refractivity contribution in [1.82, 2.24) is 0 Å². The molecule has 3 atom stereocenters. The molecule has 0 fully saturated rings. The van der Waals surface area contributed by atoms with E-state index in [0.29, 0.717) is 5.92 Å². The van der Waals surface area contributed by atoms with Crippen molar-refractivity contribution in [3.05, 3.63) is 74.8 Å². The fourth-order valence-electron chi connectivity index (χ4n) is 3.96. The Labute approximate surface area is 150 Å². The van der Waals surface area contributed by atoms with Gasteiger partial charge < -0.3 is 10.1 Å². The SMILES string of the molecule is COc1cccc2c1N[C@H](c1ccc(Cl)c([N+](=O)[O-])c1)[C@H]1CC=C[C@H]21. The van der Waals surface area contributed by atoms with Gasteiger partial charge in [-0.3, -0.25) is 10.1 Å². The van der Waals surface area contributed by atoms with Crippen LogP contribution < -0.4 is 10.1 Å². The van der Waals surface area contributed by atoms with E-state index in [9.17, 15) is 10.1 Å². The molecule has 0 amide bonds. The Morgan fingerprint density at radius 1 is 1.32 bits per heavy atom. The third-order valence-electron chi connectivity index (χ3n) is 5.10. The number of hydrogen-bond acceptors (Lipinski definition) is 4. The third kappa shape index (κ3) is 2.55. The molecule has 0 saturated heterocycles. The second kappa shape index (κ2) is 6.08. The topological polar surface area (TPSA) is 64.4 Å². The van der Waals surface area contributed by atoms with Gasteiger partial charge >= 0.3 is 0 Å². The molecule has 0 radical (unpaired) electrons. The maximum absolute atomic E-state index is 11.3. The van der Waals surface area contributed by atoms with Crippen LogP contribution in [-0.4, -0.2) is 12.0 Å². The van der Waals surface area contributed by atoms with E-state index in [4.69, 9.17) is 16.3 Å². The summed E-state index contributed by atoms with van der Waals surface area (Å²) in [6.45, 7) is 0. The second-order valence-electron chi connectivity index (χ2n) is 6.37. The number of benzene rings is 2. The molecule has 1 heterocycles. The van der Waals surface area contributed by atoms with Gasteiger partial charge in [-0.2, -0.15) is 0 Å². The monoisotopic (exact) mass is 356 g/mol. The number of nitro benzene ring substituents is 1. The number of nitro groups is 1. The normalized spacial score (nSPS) is 23.5. The smallest absolute Gasteiger partial charge is 0.288 e. The lowest BCUT2D eigenvalue weighted by Gasteiger charge is -2.38. The molecule has 4 rings (SSSR count). The molecule has 5 nitrogen and oxygen atoms in total. The van der Waals surface area contributed by atoms with Crippen LogP contribution in [0.5, 0.6) is 5.75 Å². The summed E-state index contributed by atoms with van der Waals surface area (Å²) >= 11 is 5.98. The van der Waals surface area contributed by atoms with Crippen LogP contribution >= 0.6 is 11.6 Å². The minimum Gasteiger partial charge on any atom is -0.495 e. The number of nitrogens with one attached hydrogen (secondary N) is 1. The van der Waals surface area contributed by atoms with Crippen LogP contribution in [0.2, 0.25) is 5.02 Å². The molecule has 1 aliphatic heterocycles. The van der Waals surface area contributed by atoms with Gasteiger partial charge in [0.2, 0.25) is 0 Å². The molecular formula is C19H17ClN2O3. The first-order valence-electron chi connectivity index (χ1n) is 8.14. The van der Waals surface area contributed by atoms with Crippen LogP contribution in [0.15, 0.2) is 48.6 Å². The van der Waals surface area contributed by atoms with Gasteiger partial charge in [-0.1, -0.05) is 42.0 Å². The number of allylic oxidation sites excluding steroid dienone is 2. The lowest BCUT2D eigenvalue weighted by atomic mass is 9.77. The summed E-state index contributed by atoms with van der Waals surface area (Å²) in [5.74, 6) is 1.36. The number of fused-ring (bicyclic) bond motifs is 3. The number of ether oxygens (including phenoxy) is 1. The van der Waals surface area contributed by atoms with Gasteiger partial charge in [0.05, 0.1) is 23.8 Å². The van der Waals surface area contributed by atoms with Gasteiger partial charge in [0, 0.05) is 12.0 Å². The zero-order chi connectivity index (χ0) is 17.6. The molecule has 0 bridgehead atoms. The van der Waals surface area contributed by atoms with Gasteiger partial charge in [0.15, 0.2) is 0 Å². The van der Waals surface area contributed by atoms with Crippen LogP contribution in [0.3, 0.4) is 0 Å². The predicted molar refractivity (Wildman–Crippen MR) is 97.5 cm³/mol. The molecule has 2 aromatic carbocycles. The molecule has 0 spiro atoms. The Hall–Kier alpha value is -2.53. The Kier molecular flexibility index (Phi) is 3.88. The van der Waals surface area contributed by atoms with Crippen LogP contribution in [-0.2, 0) is 0 Å². The van der Waals surface area contributed by atoms with Crippen molar-refractivity contribution in [3.63, 3.8) is 0 Å². The van der Waals surface area contributed by atoms with Gasteiger partial charge in [-0.05, 0) is 35.6 Å². The minimum absolute atomic E-state index is 0.0419. The Bertz CT molecular complexity index is 881. The largest absolute Gasteiger partial charge is 0.495 e. The molecule has 0 aromatic heterocycles. The van der Waals surface area contributed by atoms with Crippen molar-refractivity contribution in [2.75, 3.05) is 12.4 Å². The molecule has 1 aliphatic carbocycles. The highest BCUT2D eigenvalue weighted by Crippen LogP contribution is 2.52. The molecule has 6 heteroatoms. The van der Waals surface area contributed by atoms with Crippen LogP contribution in [0, 0.1) is 16.0 Å². The van der Waals surface area contributed by atoms with Crippen molar-refractivity contribution in [1.29, 1.82) is 0 Å². The highest BCUT2D eigenvalue weighted by molar-refractivity contribution is 6.32. The lowest BCUT2D eigenvalue weighted by Crippen LogP contribution is -2.29. The summed E-state index contributed by atoms with van der Waals surface area (Å²) < 4.78 is 5.51. The van der Waals surface area contributed by atoms with E-state index in [1.165, 1.54) is 5.56 Å². The van der Waals surface area contributed by atoms with E-state index < -0.39 is 4.92 Å². The molecule has 128 valence electrons. The summed E-state index contributed by atoms with van der Waals surface area (Å²) in [4.78, 5) is 10.8. The van der Waals surface area contributed by atoms with E-state index in [2.05, 4.69) is 23.5 Å². The maximum Gasteiger partial charge on any atom is 0.288 e. The third-order valence-corrected chi connectivity index (χ3v) is 5.42. The molecule has 1 N–H and O–H groups in total. The van der Waals surface area contributed by atoms with Crippen molar-refractivity contribution in [2.24, 2.45) is 5.92 Å². The lowest BCUT2D eigenvalue weighted by molar-refractivity contribution is -0.384. The van der Waals surface area contributed by atoms with Crippen molar-refractivity contribution in [2.45, 2.75) is 18.4 Å². The quantitative estimate of drug-likeness (QED) is 0.473. The average Bonchev–Trinajstić information content (AvgIpc) is 3.10. The molecule has 2 aliphatic rings. The highest BCUT2D eigenvalue weighted by atomic mass is 35.5. The number of halogens is 1. The van der Waals surface area contributed by atoms with Crippen molar-refractivity contribution >= 4 is 23.0 Å². The highest BCUT2D eigenvalue weighted by Gasteiger charge is 2.39. The molecule has 25 heavy (non-hydrogen) atoms. The number of rotatable bonds is 3. The summed E-state index contributed by atoms with van der Waals surface area (Å²) in [7, 11) is 1.65. The molecule has 0 saturated carbocycles. The van der Waals surface area contributed by atoms with Gasteiger partial charge in [-0.15, -0.1) is 0 Å². The first kappa shape index (κ1) is 16.0. The molecular weight excluding hydrogens is 340 g/mol. The van der Waals surface area contributed by atoms with Crippen molar-refractivity contribution in [3.8, 4) is 5.75 Å². The first-order valence-corrected chi connectivity index (χ1v) is 8.52. The second-order valence-corrected chi connectivity index (χ2v) is 6.78. The Morgan fingerprint density at radius 2 is 2.16 bits per heavy atom. The van der Waals surface area contributed by atoms with Gasteiger partial charge in [0.25, 0.3) is 5.69 Å². The Morgan fingerprint density at radius 3 is 2.92 bits per heavy atom. The first-order chi connectivity index (χ1) is 12.1. The fourth-order valence-corrected chi connectivity index (χ4v) is 4.14. The van der Waals surface area contributed by atoms with Gasteiger partial charge in [-0.25, -0.2) is 0 Å². The standard InChI is InChI=1S/C19H17ClN2O3/c1-25-17-7-3-6-14-12-4-2-5-13(12)18(21-19(14)17)11-8-9-15(20)16(10-11)22(23)24/h2-4,6-10,12-13,18,21H,5H2,1H3/t12-,13-,18+/m0/s1. The van der Waals surface area contributed by atoms with E-state index in [1.54, 1.807) is 19.2 Å². The summed E-state index contributed by atoms with van der Waals surface area (Å²) in [5.41, 5.74) is 2.97. The molecule has 2 aromatic rings. The average molecular weight is 357 g/mol. The van der Waals surface area contributed by atoms with Crippen LogP contribution in [0.4, 0.5) is 11.4 Å². The predicted octanol–water partition coefficient (Wildman–Crippen LogP) is 5.08. The zero-order valence-electron chi connectivity index (χ0n) is 13.6. The van der Waals surface area contributed by atoms with E-state index in [-0.39, 0.29) is 22.7 Å². The van der Waals surface area contributed by atoms with E-state index >= 15 is 0 Å². The summed E-state index contributed by atoms with van der Waals surface area (Å²) in [5, 5.41) is 15.0. The number of nitrogens with zero attached hydrogens (tertiary/aromatic N) is 1. The summed E-state index contributed by atoms with van der Waals surface area (Å²) in [6, 6.07) is 11.0. The van der Waals surface area contributed by atoms with Crippen molar-refractivity contribution < 1.29 is 9.66 Å². The maximum atomic E-state index is 11.3. The molecule has 0 unspecified atom stereocenters. The number of hydrogen-bond donors (Lipinski definition) is 1. The number of para-hydroxylation sites is 1. The fraction of sp³-hybridized carbons (Fsp3) is 0.263. The Balaban J connectivity index is 1.81. The zero-order valence-corrected chi connectivity index (χ0v) is 14.4. The summed E-state index contributed by atoms with van der Waals surface area (Å²) in [6.07, 6.45) is 5.33. The number of anilines is 1. The van der Waals surface area contributed by atoms with E-state index in [0.717, 1.165) is 23.4 Å². The van der Waals surface area contributed by atoms with Gasteiger partial charge in [0.1, 0.15) is 10.8 Å². The van der Waals surface area contributed by atoms with Crippen LogP contribution in [0.25, 0.3) is 0 Å². The van der Waals surface area contributed by atoms with Crippen LogP contribution in [0.1, 0.15) is 29.5 Å². The minimum atomic E-state index is -0.437. The van der Waals surface area contributed by atoms with E-state index in [1.807, 2.05) is 18.2 Å². The number of methoxy groups -OCH3 is 1.